The quantitative estimate of drug-likeness (QED) is 0.883. The van der Waals surface area contributed by atoms with Crippen molar-refractivity contribution in [3.8, 4) is 0 Å². The van der Waals surface area contributed by atoms with Crippen LogP contribution in [0.15, 0.2) is 18.2 Å². The molecular formula is C16H21F2N. The lowest BCUT2D eigenvalue weighted by molar-refractivity contribution is 0.293. The fraction of sp³-hybridized carbons (Fsp3) is 0.625. The Morgan fingerprint density at radius 3 is 2.74 bits per heavy atom. The van der Waals surface area contributed by atoms with Gasteiger partial charge < -0.3 is 5.73 Å². The summed E-state index contributed by atoms with van der Waals surface area (Å²) >= 11 is 0. The Labute approximate surface area is 113 Å². The van der Waals surface area contributed by atoms with Crippen LogP contribution in [0.3, 0.4) is 0 Å². The van der Waals surface area contributed by atoms with Gasteiger partial charge in [0.1, 0.15) is 0 Å². The first kappa shape index (κ1) is 13.0. The van der Waals surface area contributed by atoms with E-state index in [9.17, 15) is 8.78 Å². The van der Waals surface area contributed by atoms with Crippen molar-refractivity contribution in [3.63, 3.8) is 0 Å². The normalized spacial score (nSPS) is 30.8. The van der Waals surface area contributed by atoms with Crippen LogP contribution >= 0.6 is 0 Å². The van der Waals surface area contributed by atoms with Crippen molar-refractivity contribution in [3.05, 3.63) is 35.4 Å². The van der Waals surface area contributed by atoms with Crippen molar-refractivity contribution in [2.24, 2.45) is 23.5 Å². The molecule has 0 spiro atoms. The third-order valence-corrected chi connectivity index (χ3v) is 5.00. The van der Waals surface area contributed by atoms with E-state index in [0.29, 0.717) is 17.9 Å². The lowest BCUT2D eigenvalue weighted by Gasteiger charge is -2.24. The first-order chi connectivity index (χ1) is 9.13. The maximum absolute atomic E-state index is 13.6. The van der Waals surface area contributed by atoms with Crippen LogP contribution in [-0.4, -0.2) is 6.04 Å². The molecule has 1 nitrogen and oxygen atoms in total. The van der Waals surface area contributed by atoms with Gasteiger partial charge in [0.05, 0.1) is 0 Å². The van der Waals surface area contributed by atoms with Crippen LogP contribution < -0.4 is 5.73 Å². The average molecular weight is 265 g/mol. The molecule has 19 heavy (non-hydrogen) atoms. The Morgan fingerprint density at radius 2 is 2.05 bits per heavy atom. The summed E-state index contributed by atoms with van der Waals surface area (Å²) in [5.74, 6) is 0.961. The van der Waals surface area contributed by atoms with Crippen molar-refractivity contribution in [2.75, 3.05) is 0 Å². The molecule has 0 aromatic heterocycles. The predicted octanol–water partition coefficient (Wildman–Crippen LogP) is 3.66. The van der Waals surface area contributed by atoms with E-state index in [0.717, 1.165) is 24.3 Å². The Hall–Kier alpha value is -0.960. The summed E-state index contributed by atoms with van der Waals surface area (Å²) in [5, 5.41) is 0. The summed E-state index contributed by atoms with van der Waals surface area (Å²) in [5.41, 5.74) is 6.56. The van der Waals surface area contributed by atoms with Crippen LogP contribution in [-0.2, 0) is 6.42 Å². The van der Waals surface area contributed by atoms with E-state index in [4.69, 9.17) is 5.73 Å². The van der Waals surface area contributed by atoms with Gasteiger partial charge in [-0.2, -0.15) is 0 Å². The number of nitrogens with two attached hydrogens (primary N) is 1. The van der Waals surface area contributed by atoms with Gasteiger partial charge in [-0.05, 0) is 61.5 Å². The van der Waals surface area contributed by atoms with Gasteiger partial charge in [0, 0.05) is 6.04 Å². The molecule has 1 aromatic rings. The third-order valence-electron chi connectivity index (χ3n) is 5.00. The zero-order valence-corrected chi connectivity index (χ0v) is 11.1. The largest absolute Gasteiger partial charge is 0.327 e. The highest BCUT2D eigenvalue weighted by molar-refractivity contribution is 5.20. The van der Waals surface area contributed by atoms with Crippen LogP contribution in [0.5, 0.6) is 0 Å². The molecule has 2 N–H and O–H groups in total. The summed E-state index contributed by atoms with van der Waals surface area (Å²) in [6, 6.07) is 4.29. The third kappa shape index (κ3) is 2.66. The molecule has 4 unspecified atom stereocenters. The molecule has 0 radical (unpaired) electrons. The molecule has 0 amide bonds. The highest BCUT2D eigenvalue weighted by Crippen LogP contribution is 2.49. The number of hydrogen-bond donors (Lipinski definition) is 1. The fourth-order valence-corrected chi connectivity index (χ4v) is 4.13. The average Bonchev–Trinajstić information content (AvgIpc) is 2.97. The van der Waals surface area contributed by atoms with Gasteiger partial charge in [-0.3, -0.25) is 0 Å². The molecule has 104 valence electrons. The molecule has 2 bridgehead atoms. The number of fused-ring (bicyclic) bond motifs is 2. The molecule has 1 aromatic carbocycles. The van der Waals surface area contributed by atoms with Crippen LogP contribution in [0.2, 0.25) is 0 Å². The Kier molecular flexibility index (Phi) is 3.57. The molecule has 0 aliphatic heterocycles. The van der Waals surface area contributed by atoms with E-state index in [-0.39, 0.29) is 6.04 Å². The molecule has 4 atom stereocenters. The van der Waals surface area contributed by atoms with Gasteiger partial charge in [0.15, 0.2) is 11.6 Å². The number of rotatable bonds is 4. The van der Waals surface area contributed by atoms with E-state index < -0.39 is 11.6 Å². The molecule has 2 saturated carbocycles. The van der Waals surface area contributed by atoms with Crippen LogP contribution in [0, 0.1) is 29.4 Å². The first-order valence-corrected chi connectivity index (χ1v) is 7.32. The lowest BCUT2D eigenvalue weighted by Crippen LogP contribution is -2.28. The highest BCUT2D eigenvalue weighted by atomic mass is 19.2. The number of benzene rings is 1. The molecule has 3 heteroatoms. The summed E-state index contributed by atoms with van der Waals surface area (Å²) in [6.45, 7) is 0. The summed E-state index contributed by atoms with van der Waals surface area (Å²) in [6.07, 6.45) is 6.79. The zero-order chi connectivity index (χ0) is 13.4. The first-order valence-electron chi connectivity index (χ1n) is 7.32. The Morgan fingerprint density at radius 1 is 1.21 bits per heavy atom. The summed E-state index contributed by atoms with van der Waals surface area (Å²) in [4.78, 5) is 0. The van der Waals surface area contributed by atoms with Crippen molar-refractivity contribution in [1.82, 2.24) is 0 Å². The molecular weight excluding hydrogens is 244 g/mol. The molecule has 3 rings (SSSR count). The lowest BCUT2D eigenvalue weighted by atomic mass is 9.83. The van der Waals surface area contributed by atoms with E-state index >= 15 is 0 Å². The maximum Gasteiger partial charge on any atom is 0.162 e. The van der Waals surface area contributed by atoms with Crippen molar-refractivity contribution in [2.45, 2.75) is 44.6 Å². The molecule has 2 aliphatic rings. The van der Waals surface area contributed by atoms with Crippen molar-refractivity contribution < 1.29 is 8.78 Å². The van der Waals surface area contributed by atoms with Gasteiger partial charge >= 0.3 is 0 Å². The Balaban J connectivity index is 1.59. The van der Waals surface area contributed by atoms with E-state index in [1.807, 2.05) is 0 Å². The predicted molar refractivity (Wildman–Crippen MR) is 71.6 cm³/mol. The van der Waals surface area contributed by atoms with Gasteiger partial charge in [0.2, 0.25) is 0 Å². The molecule has 2 fully saturated rings. The molecule has 0 heterocycles. The highest BCUT2D eigenvalue weighted by Gasteiger charge is 2.39. The molecule has 2 aliphatic carbocycles. The van der Waals surface area contributed by atoms with Crippen LogP contribution in [0.1, 0.15) is 37.7 Å². The monoisotopic (exact) mass is 265 g/mol. The second-order valence-electron chi connectivity index (χ2n) is 6.35. The fourth-order valence-electron chi connectivity index (χ4n) is 4.13. The summed E-state index contributed by atoms with van der Waals surface area (Å²) < 4.78 is 26.7. The Bertz CT molecular complexity index is 460. The zero-order valence-electron chi connectivity index (χ0n) is 11.1. The van der Waals surface area contributed by atoms with Crippen LogP contribution in [0.4, 0.5) is 8.78 Å². The van der Waals surface area contributed by atoms with E-state index in [1.165, 1.54) is 25.7 Å². The smallest absolute Gasteiger partial charge is 0.162 e. The van der Waals surface area contributed by atoms with Crippen molar-refractivity contribution >= 4 is 0 Å². The van der Waals surface area contributed by atoms with E-state index in [2.05, 4.69) is 0 Å². The minimum Gasteiger partial charge on any atom is -0.327 e. The summed E-state index contributed by atoms with van der Waals surface area (Å²) in [7, 11) is 0. The second kappa shape index (κ2) is 5.20. The minimum atomic E-state index is -0.773. The second-order valence-corrected chi connectivity index (χ2v) is 6.35. The number of halogens is 2. The van der Waals surface area contributed by atoms with Crippen molar-refractivity contribution in [1.29, 1.82) is 0 Å². The topological polar surface area (TPSA) is 26.0 Å². The van der Waals surface area contributed by atoms with Gasteiger partial charge in [0.25, 0.3) is 0 Å². The minimum absolute atomic E-state index is 0.0550. The number of hydrogen-bond acceptors (Lipinski definition) is 1. The molecule has 0 saturated heterocycles. The van der Waals surface area contributed by atoms with Crippen LogP contribution in [0.25, 0.3) is 0 Å². The van der Waals surface area contributed by atoms with Gasteiger partial charge in [-0.15, -0.1) is 0 Å². The van der Waals surface area contributed by atoms with Gasteiger partial charge in [-0.25, -0.2) is 8.78 Å². The SMILES string of the molecule is NC(Cc1cccc(F)c1F)CC1CC2CCC1C2. The van der Waals surface area contributed by atoms with Gasteiger partial charge in [-0.1, -0.05) is 18.6 Å². The standard InChI is InChI=1S/C16H21F2N/c17-15-3-1-2-12(16(15)18)8-14(19)9-13-7-10-4-5-11(13)6-10/h1-3,10-11,13-14H,4-9,19H2. The maximum atomic E-state index is 13.6. The van der Waals surface area contributed by atoms with E-state index in [1.54, 1.807) is 12.1 Å².